The number of anilines is 4. The van der Waals surface area contributed by atoms with E-state index < -0.39 is 0 Å². The third kappa shape index (κ3) is 4.44. The summed E-state index contributed by atoms with van der Waals surface area (Å²) in [4.78, 5) is 14.4. The Labute approximate surface area is 207 Å². The number of halogens is 1. The van der Waals surface area contributed by atoms with Crippen LogP contribution in [0.1, 0.15) is 18.0 Å². The Bertz CT molecular complexity index is 1360. The second kappa shape index (κ2) is 9.24. The molecule has 1 atom stereocenters. The van der Waals surface area contributed by atoms with Crippen molar-refractivity contribution in [2.24, 2.45) is 5.10 Å². The van der Waals surface area contributed by atoms with Crippen molar-refractivity contribution in [3.05, 3.63) is 71.4 Å². The SMILES string of the molecule is CN1CCN(c2ccc(Nc3nc(N4N=CCC4c4cccc(F)c4)c4sccc4n3)cc2)CC1. The summed E-state index contributed by atoms with van der Waals surface area (Å²) < 4.78 is 14.9. The van der Waals surface area contributed by atoms with Crippen LogP contribution in [0.15, 0.2) is 65.1 Å². The maximum absolute atomic E-state index is 13.9. The van der Waals surface area contributed by atoms with E-state index in [0.717, 1.165) is 53.5 Å². The third-order valence-electron chi connectivity index (χ3n) is 6.56. The van der Waals surface area contributed by atoms with Gasteiger partial charge in [0.2, 0.25) is 5.95 Å². The minimum atomic E-state index is -0.249. The first-order valence-corrected chi connectivity index (χ1v) is 12.6. The van der Waals surface area contributed by atoms with Gasteiger partial charge in [0.1, 0.15) is 5.82 Å². The van der Waals surface area contributed by atoms with Crippen LogP contribution in [-0.2, 0) is 0 Å². The van der Waals surface area contributed by atoms with E-state index in [1.165, 1.54) is 11.8 Å². The van der Waals surface area contributed by atoms with Gasteiger partial charge >= 0.3 is 0 Å². The van der Waals surface area contributed by atoms with Crippen LogP contribution in [0.4, 0.5) is 27.5 Å². The molecule has 2 aliphatic heterocycles. The van der Waals surface area contributed by atoms with Crippen molar-refractivity contribution in [1.82, 2.24) is 14.9 Å². The largest absolute Gasteiger partial charge is 0.369 e. The first-order chi connectivity index (χ1) is 17.1. The predicted octanol–water partition coefficient (Wildman–Crippen LogP) is 5.26. The molecule has 1 N–H and O–H groups in total. The molecule has 4 aromatic rings. The predicted molar refractivity (Wildman–Crippen MR) is 142 cm³/mol. The number of nitrogens with zero attached hydrogens (tertiary/aromatic N) is 6. The zero-order valence-electron chi connectivity index (χ0n) is 19.4. The van der Waals surface area contributed by atoms with Crippen molar-refractivity contribution in [3.8, 4) is 0 Å². The molecule has 2 aromatic carbocycles. The monoisotopic (exact) mass is 487 g/mol. The number of hydrogen-bond acceptors (Lipinski definition) is 8. The minimum absolute atomic E-state index is 0.110. The van der Waals surface area contributed by atoms with E-state index in [0.29, 0.717) is 12.4 Å². The maximum atomic E-state index is 13.9. The molecule has 1 saturated heterocycles. The van der Waals surface area contributed by atoms with Gasteiger partial charge in [-0.2, -0.15) is 10.1 Å². The molecule has 178 valence electrons. The lowest BCUT2D eigenvalue weighted by Gasteiger charge is -2.34. The van der Waals surface area contributed by atoms with Gasteiger partial charge in [0, 0.05) is 50.2 Å². The van der Waals surface area contributed by atoms with Crippen molar-refractivity contribution < 1.29 is 4.39 Å². The minimum Gasteiger partial charge on any atom is -0.369 e. The smallest absolute Gasteiger partial charge is 0.229 e. The summed E-state index contributed by atoms with van der Waals surface area (Å²) in [6, 6.07) is 17.0. The van der Waals surface area contributed by atoms with Gasteiger partial charge in [-0.15, -0.1) is 11.3 Å². The van der Waals surface area contributed by atoms with Crippen molar-refractivity contribution in [3.63, 3.8) is 0 Å². The summed E-state index contributed by atoms with van der Waals surface area (Å²) in [5.74, 6) is 0.989. The van der Waals surface area contributed by atoms with Gasteiger partial charge in [0.25, 0.3) is 0 Å². The Morgan fingerprint density at radius 2 is 1.83 bits per heavy atom. The van der Waals surface area contributed by atoms with Gasteiger partial charge in [-0.05, 0) is 60.5 Å². The van der Waals surface area contributed by atoms with Crippen LogP contribution in [0.25, 0.3) is 10.2 Å². The van der Waals surface area contributed by atoms with Gasteiger partial charge in [-0.1, -0.05) is 12.1 Å². The second-order valence-corrected chi connectivity index (χ2v) is 9.83. The van der Waals surface area contributed by atoms with Crippen molar-refractivity contribution in [2.45, 2.75) is 12.5 Å². The zero-order valence-corrected chi connectivity index (χ0v) is 20.2. The number of aromatic nitrogens is 2. The van der Waals surface area contributed by atoms with Gasteiger partial charge in [-0.3, -0.25) is 0 Å². The summed E-state index contributed by atoms with van der Waals surface area (Å²) in [5, 5.41) is 11.9. The molecule has 35 heavy (non-hydrogen) atoms. The zero-order chi connectivity index (χ0) is 23.8. The lowest BCUT2D eigenvalue weighted by atomic mass is 10.0. The molecule has 7 nitrogen and oxygen atoms in total. The molecule has 4 heterocycles. The molecule has 0 radical (unpaired) electrons. The highest BCUT2D eigenvalue weighted by Gasteiger charge is 2.28. The average Bonchev–Trinajstić information content (AvgIpc) is 3.55. The Kier molecular flexibility index (Phi) is 5.79. The lowest BCUT2D eigenvalue weighted by molar-refractivity contribution is 0.313. The van der Waals surface area contributed by atoms with E-state index in [1.54, 1.807) is 23.5 Å². The van der Waals surface area contributed by atoms with Crippen LogP contribution in [0.2, 0.25) is 0 Å². The van der Waals surface area contributed by atoms with Crippen LogP contribution >= 0.6 is 11.3 Å². The summed E-state index contributed by atoms with van der Waals surface area (Å²) in [6.07, 6.45) is 2.55. The fourth-order valence-electron chi connectivity index (χ4n) is 4.62. The number of hydrogen-bond donors (Lipinski definition) is 1. The van der Waals surface area contributed by atoms with Gasteiger partial charge < -0.3 is 15.1 Å². The van der Waals surface area contributed by atoms with Crippen LogP contribution < -0.4 is 15.2 Å². The van der Waals surface area contributed by atoms with Crippen LogP contribution in [-0.4, -0.2) is 54.3 Å². The number of benzene rings is 2. The van der Waals surface area contributed by atoms with E-state index in [9.17, 15) is 4.39 Å². The molecule has 6 rings (SSSR count). The van der Waals surface area contributed by atoms with E-state index >= 15 is 0 Å². The quantitative estimate of drug-likeness (QED) is 0.414. The molecule has 0 aliphatic carbocycles. The normalized spacial score (nSPS) is 18.5. The number of piperazine rings is 1. The number of nitrogens with one attached hydrogen (secondary N) is 1. The molecule has 0 amide bonds. The lowest BCUT2D eigenvalue weighted by Crippen LogP contribution is -2.44. The number of fused-ring (bicyclic) bond motifs is 1. The van der Waals surface area contributed by atoms with Crippen LogP contribution in [0, 0.1) is 5.82 Å². The summed E-state index contributed by atoms with van der Waals surface area (Å²) in [5.41, 5.74) is 3.88. The van der Waals surface area contributed by atoms with Gasteiger partial charge in [0.15, 0.2) is 5.82 Å². The van der Waals surface area contributed by atoms with Crippen molar-refractivity contribution in [1.29, 1.82) is 0 Å². The molecule has 0 spiro atoms. The van der Waals surface area contributed by atoms with Crippen molar-refractivity contribution in [2.75, 3.05) is 48.5 Å². The molecule has 2 aliphatic rings. The second-order valence-electron chi connectivity index (χ2n) is 8.92. The highest BCUT2D eigenvalue weighted by Crippen LogP contribution is 2.38. The van der Waals surface area contributed by atoms with E-state index in [-0.39, 0.29) is 11.9 Å². The molecule has 0 bridgehead atoms. The highest BCUT2D eigenvalue weighted by molar-refractivity contribution is 7.17. The summed E-state index contributed by atoms with van der Waals surface area (Å²) in [6.45, 7) is 4.22. The highest BCUT2D eigenvalue weighted by atomic mass is 32.1. The van der Waals surface area contributed by atoms with Crippen LogP contribution in [0.5, 0.6) is 0 Å². The van der Waals surface area contributed by atoms with E-state index in [1.807, 2.05) is 28.7 Å². The molecule has 0 saturated carbocycles. The van der Waals surface area contributed by atoms with Crippen molar-refractivity contribution >= 4 is 50.9 Å². The molecule has 2 aromatic heterocycles. The molecule has 9 heteroatoms. The molecular formula is C26H26FN7S. The molecular weight excluding hydrogens is 461 g/mol. The standard InChI is InChI=1S/C26H26FN7S/c1-32-12-14-33(15-13-32)21-7-5-20(6-8-21)29-26-30-22-10-16-35-24(22)25(31-26)34-23(9-11-28-34)18-3-2-4-19(27)17-18/h2-8,10-11,16-17,23H,9,12-15H2,1H3,(H,29,30,31). The third-order valence-corrected chi connectivity index (χ3v) is 7.46. The number of hydrazone groups is 1. The Morgan fingerprint density at radius 3 is 2.63 bits per heavy atom. The fraction of sp³-hybridized carbons (Fsp3) is 0.269. The Balaban J connectivity index is 1.27. The number of rotatable bonds is 5. The van der Waals surface area contributed by atoms with Gasteiger partial charge in [0.05, 0.1) is 16.3 Å². The number of likely N-dealkylation sites (N-methyl/N-ethyl adjacent to an activating group) is 1. The molecule has 1 unspecified atom stereocenters. The molecule has 1 fully saturated rings. The maximum Gasteiger partial charge on any atom is 0.229 e. The first-order valence-electron chi connectivity index (χ1n) is 11.8. The fourth-order valence-corrected chi connectivity index (χ4v) is 5.43. The number of thiophene rings is 1. The van der Waals surface area contributed by atoms with Gasteiger partial charge in [-0.25, -0.2) is 14.4 Å². The average molecular weight is 488 g/mol. The Hall–Kier alpha value is -3.56. The first kappa shape index (κ1) is 21.9. The topological polar surface area (TPSA) is 59.9 Å². The van der Waals surface area contributed by atoms with E-state index in [4.69, 9.17) is 9.97 Å². The Morgan fingerprint density at radius 1 is 1.00 bits per heavy atom. The van der Waals surface area contributed by atoms with Crippen LogP contribution in [0.3, 0.4) is 0 Å². The summed E-state index contributed by atoms with van der Waals surface area (Å²) >= 11 is 1.58. The summed E-state index contributed by atoms with van der Waals surface area (Å²) in [7, 11) is 2.16. The van der Waals surface area contributed by atoms with E-state index in [2.05, 4.69) is 51.5 Å².